The van der Waals surface area contributed by atoms with E-state index in [-0.39, 0.29) is 10.8 Å². The lowest BCUT2D eigenvalue weighted by molar-refractivity contribution is 0.0950. The summed E-state index contributed by atoms with van der Waals surface area (Å²) in [7, 11) is -1.63. The molecule has 0 fully saturated rings. The fourth-order valence-electron chi connectivity index (χ4n) is 2.16. The smallest absolute Gasteiger partial charge is 0.251 e. The minimum atomic E-state index is -3.26. The largest absolute Gasteiger partial charge is 0.380 e. The van der Waals surface area contributed by atoms with Crippen molar-refractivity contribution in [3.05, 3.63) is 65.2 Å². The highest BCUT2D eigenvalue weighted by atomic mass is 32.2. The van der Waals surface area contributed by atoms with Crippen LogP contribution in [-0.4, -0.2) is 27.7 Å². The molecule has 0 aliphatic heterocycles. The van der Waals surface area contributed by atoms with Crippen LogP contribution in [0.3, 0.4) is 0 Å². The number of ether oxygens (including phenoxy) is 1. The predicted octanol–water partition coefficient (Wildman–Crippen LogP) is 2.17. The number of sulfone groups is 1. The highest BCUT2D eigenvalue weighted by Gasteiger charge is 2.10. The lowest BCUT2D eigenvalue weighted by atomic mass is 10.1. The van der Waals surface area contributed by atoms with Gasteiger partial charge in [-0.25, -0.2) is 8.42 Å². The van der Waals surface area contributed by atoms with E-state index >= 15 is 0 Å². The summed E-state index contributed by atoms with van der Waals surface area (Å²) in [5.41, 5.74) is 2.42. The van der Waals surface area contributed by atoms with Gasteiger partial charge in [-0.05, 0) is 35.4 Å². The molecule has 1 N–H and O–H groups in total. The maximum absolute atomic E-state index is 12.2. The molecule has 0 bridgehead atoms. The molecule has 1 amide bonds. The highest BCUT2D eigenvalue weighted by molar-refractivity contribution is 7.90. The normalized spacial score (nSPS) is 11.2. The molecule has 0 aliphatic carbocycles. The predicted molar refractivity (Wildman–Crippen MR) is 87.9 cm³/mol. The Morgan fingerprint density at radius 3 is 2.22 bits per heavy atom. The van der Waals surface area contributed by atoms with E-state index in [1.54, 1.807) is 7.11 Å². The SMILES string of the molecule is COCc1ccccc1CNC(=O)c1ccc(S(C)(=O)=O)cc1. The van der Waals surface area contributed by atoms with Gasteiger partial charge in [0.2, 0.25) is 0 Å². The quantitative estimate of drug-likeness (QED) is 0.879. The fourth-order valence-corrected chi connectivity index (χ4v) is 2.79. The zero-order chi connectivity index (χ0) is 16.9. The van der Waals surface area contributed by atoms with E-state index in [0.717, 1.165) is 17.4 Å². The number of amides is 1. The van der Waals surface area contributed by atoms with Crippen molar-refractivity contribution >= 4 is 15.7 Å². The molecule has 0 spiro atoms. The molecule has 6 heteroatoms. The summed E-state index contributed by atoms with van der Waals surface area (Å²) in [4.78, 5) is 12.4. The summed E-state index contributed by atoms with van der Waals surface area (Å²) >= 11 is 0. The van der Waals surface area contributed by atoms with E-state index in [1.807, 2.05) is 24.3 Å². The average molecular weight is 333 g/mol. The molecule has 0 radical (unpaired) electrons. The second-order valence-electron chi connectivity index (χ2n) is 5.18. The van der Waals surface area contributed by atoms with Crippen LogP contribution in [0.15, 0.2) is 53.4 Å². The van der Waals surface area contributed by atoms with Gasteiger partial charge in [0.05, 0.1) is 11.5 Å². The molecular formula is C17H19NO4S. The number of hydrogen-bond donors (Lipinski definition) is 1. The molecular weight excluding hydrogens is 314 g/mol. The third-order valence-corrected chi connectivity index (χ3v) is 4.53. The summed E-state index contributed by atoms with van der Waals surface area (Å²) in [6.07, 6.45) is 1.13. The Morgan fingerprint density at radius 1 is 1.04 bits per heavy atom. The van der Waals surface area contributed by atoms with Crippen molar-refractivity contribution in [2.45, 2.75) is 18.0 Å². The van der Waals surface area contributed by atoms with Crippen LogP contribution in [0.1, 0.15) is 21.5 Å². The average Bonchev–Trinajstić information content (AvgIpc) is 2.53. The van der Waals surface area contributed by atoms with Crippen molar-refractivity contribution in [2.75, 3.05) is 13.4 Å². The van der Waals surface area contributed by atoms with E-state index in [2.05, 4.69) is 5.32 Å². The van der Waals surface area contributed by atoms with Gasteiger partial charge in [-0.3, -0.25) is 4.79 Å². The number of carbonyl (C=O) groups is 1. The highest BCUT2D eigenvalue weighted by Crippen LogP contribution is 2.12. The molecule has 2 aromatic rings. The number of carbonyl (C=O) groups excluding carboxylic acids is 1. The summed E-state index contributed by atoms with van der Waals surface area (Å²) in [5, 5.41) is 2.83. The van der Waals surface area contributed by atoms with E-state index < -0.39 is 9.84 Å². The van der Waals surface area contributed by atoms with E-state index in [4.69, 9.17) is 4.74 Å². The molecule has 0 aliphatic rings. The molecule has 2 aromatic carbocycles. The second-order valence-corrected chi connectivity index (χ2v) is 7.20. The molecule has 0 saturated heterocycles. The van der Waals surface area contributed by atoms with Crippen molar-refractivity contribution in [3.63, 3.8) is 0 Å². The van der Waals surface area contributed by atoms with Crippen LogP contribution in [0.5, 0.6) is 0 Å². The first-order chi connectivity index (χ1) is 10.9. The van der Waals surface area contributed by atoms with Crippen LogP contribution < -0.4 is 5.32 Å². The monoisotopic (exact) mass is 333 g/mol. The van der Waals surface area contributed by atoms with Crippen LogP contribution in [0, 0.1) is 0 Å². The third-order valence-electron chi connectivity index (χ3n) is 3.40. The Morgan fingerprint density at radius 2 is 1.65 bits per heavy atom. The maximum atomic E-state index is 12.2. The van der Waals surface area contributed by atoms with Gasteiger partial charge in [-0.2, -0.15) is 0 Å². The molecule has 122 valence electrons. The van der Waals surface area contributed by atoms with Gasteiger partial charge in [-0.1, -0.05) is 24.3 Å². The van der Waals surface area contributed by atoms with Gasteiger partial charge in [0.1, 0.15) is 0 Å². The van der Waals surface area contributed by atoms with Crippen LogP contribution >= 0.6 is 0 Å². The molecule has 0 unspecified atom stereocenters. The van der Waals surface area contributed by atoms with Gasteiger partial charge < -0.3 is 10.1 Å². The maximum Gasteiger partial charge on any atom is 0.251 e. The number of hydrogen-bond acceptors (Lipinski definition) is 4. The van der Waals surface area contributed by atoms with Gasteiger partial charge >= 0.3 is 0 Å². The van der Waals surface area contributed by atoms with Crippen molar-refractivity contribution in [1.82, 2.24) is 5.32 Å². The van der Waals surface area contributed by atoms with E-state index in [9.17, 15) is 13.2 Å². The minimum Gasteiger partial charge on any atom is -0.380 e. The second kappa shape index (κ2) is 7.39. The molecule has 0 aromatic heterocycles. The summed E-state index contributed by atoms with van der Waals surface area (Å²) < 4.78 is 28.0. The molecule has 5 nitrogen and oxygen atoms in total. The van der Waals surface area contributed by atoms with E-state index in [0.29, 0.717) is 18.7 Å². The number of rotatable bonds is 6. The topological polar surface area (TPSA) is 72.5 Å². The Hall–Kier alpha value is -2.18. The van der Waals surface area contributed by atoms with Crippen LogP contribution in [0.4, 0.5) is 0 Å². The summed E-state index contributed by atoms with van der Waals surface area (Å²) in [6, 6.07) is 13.6. The van der Waals surface area contributed by atoms with Gasteiger partial charge in [0.25, 0.3) is 5.91 Å². The molecule has 0 saturated carbocycles. The van der Waals surface area contributed by atoms with E-state index in [1.165, 1.54) is 24.3 Å². The lowest BCUT2D eigenvalue weighted by Gasteiger charge is -2.10. The van der Waals surface area contributed by atoms with Gasteiger partial charge in [0, 0.05) is 25.5 Å². The van der Waals surface area contributed by atoms with Gasteiger partial charge in [0.15, 0.2) is 9.84 Å². The van der Waals surface area contributed by atoms with Crippen LogP contribution in [0.25, 0.3) is 0 Å². The Labute approximate surface area is 136 Å². The number of nitrogens with one attached hydrogen (secondary N) is 1. The minimum absolute atomic E-state index is 0.194. The zero-order valence-corrected chi connectivity index (χ0v) is 13.9. The first kappa shape index (κ1) is 17.2. The summed E-state index contributed by atoms with van der Waals surface area (Å²) in [6.45, 7) is 0.862. The molecule has 0 atom stereocenters. The number of methoxy groups -OCH3 is 1. The van der Waals surface area contributed by atoms with Crippen molar-refractivity contribution in [3.8, 4) is 0 Å². The molecule has 0 heterocycles. The zero-order valence-electron chi connectivity index (χ0n) is 13.1. The Kier molecular flexibility index (Phi) is 5.52. The van der Waals surface area contributed by atoms with Crippen molar-refractivity contribution in [2.24, 2.45) is 0 Å². The Balaban J connectivity index is 2.05. The van der Waals surface area contributed by atoms with Crippen molar-refractivity contribution in [1.29, 1.82) is 0 Å². The van der Waals surface area contributed by atoms with Gasteiger partial charge in [-0.15, -0.1) is 0 Å². The first-order valence-corrected chi connectivity index (χ1v) is 8.95. The third kappa shape index (κ3) is 4.64. The van der Waals surface area contributed by atoms with Crippen LogP contribution in [0.2, 0.25) is 0 Å². The molecule has 2 rings (SSSR count). The summed E-state index contributed by atoms with van der Waals surface area (Å²) in [5.74, 6) is -0.253. The first-order valence-electron chi connectivity index (χ1n) is 7.06. The van der Waals surface area contributed by atoms with Crippen molar-refractivity contribution < 1.29 is 17.9 Å². The standard InChI is InChI=1S/C17H19NO4S/c1-22-12-15-6-4-3-5-14(15)11-18-17(19)13-7-9-16(10-8-13)23(2,20)21/h3-10H,11-12H2,1-2H3,(H,18,19). The Bertz CT molecular complexity index is 782. The fraction of sp³-hybridized carbons (Fsp3) is 0.235. The lowest BCUT2D eigenvalue weighted by Crippen LogP contribution is -2.23. The number of benzene rings is 2. The van der Waals surface area contributed by atoms with Crippen LogP contribution in [-0.2, 0) is 27.7 Å². The molecule has 23 heavy (non-hydrogen) atoms.